The molecule has 1 aliphatic rings. The summed E-state index contributed by atoms with van der Waals surface area (Å²) >= 11 is 0. The Hall–Kier alpha value is -2.86. The highest BCUT2D eigenvalue weighted by Gasteiger charge is 2.36. The van der Waals surface area contributed by atoms with Crippen LogP contribution in [-0.2, 0) is 9.53 Å². The van der Waals surface area contributed by atoms with Crippen molar-refractivity contribution in [3.63, 3.8) is 0 Å². The average Bonchev–Trinajstić information content (AvgIpc) is 2.84. The van der Waals surface area contributed by atoms with E-state index in [2.05, 4.69) is 89.5 Å². The van der Waals surface area contributed by atoms with Gasteiger partial charge in [-0.2, -0.15) is 0 Å². The van der Waals surface area contributed by atoms with Gasteiger partial charge in [0.05, 0.1) is 13.2 Å². The van der Waals surface area contributed by atoms with Crippen LogP contribution in [-0.4, -0.2) is 60.6 Å². The molecule has 2 atom stereocenters. The number of urea groups is 1. The monoisotopic (exact) mass is 465 g/mol. The minimum atomic E-state index is -0.155. The summed E-state index contributed by atoms with van der Waals surface area (Å²) in [6.07, 6.45) is 4.18. The predicted octanol–water partition coefficient (Wildman–Crippen LogP) is 5.00. The minimum Gasteiger partial charge on any atom is -0.469 e. The summed E-state index contributed by atoms with van der Waals surface area (Å²) in [6.45, 7) is 6.58. The van der Waals surface area contributed by atoms with E-state index in [-0.39, 0.29) is 30.1 Å². The highest BCUT2D eigenvalue weighted by atomic mass is 16.5. The number of esters is 1. The molecular formula is C28H39N3O3. The fourth-order valence-electron chi connectivity index (χ4n) is 5.00. The first-order valence-corrected chi connectivity index (χ1v) is 12.5. The van der Waals surface area contributed by atoms with Gasteiger partial charge in [0.1, 0.15) is 0 Å². The van der Waals surface area contributed by atoms with Gasteiger partial charge in [0.15, 0.2) is 0 Å². The number of ether oxygens (including phenoxy) is 1. The minimum absolute atomic E-state index is 0.0187. The molecule has 1 aliphatic heterocycles. The Balaban J connectivity index is 1.54. The van der Waals surface area contributed by atoms with Crippen LogP contribution in [0.2, 0.25) is 0 Å². The van der Waals surface area contributed by atoms with Crippen molar-refractivity contribution in [2.75, 3.05) is 26.7 Å². The molecule has 1 fully saturated rings. The second kappa shape index (κ2) is 13.1. The first-order chi connectivity index (χ1) is 16.5. The Morgan fingerprint density at radius 1 is 0.882 bits per heavy atom. The van der Waals surface area contributed by atoms with Gasteiger partial charge < -0.3 is 15.0 Å². The topological polar surface area (TPSA) is 61.9 Å². The number of unbranched alkanes of at least 4 members (excludes halogenated alkanes) is 3. The van der Waals surface area contributed by atoms with Gasteiger partial charge in [-0.05, 0) is 37.8 Å². The van der Waals surface area contributed by atoms with Crippen molar-refractivity contribution in [1.29, 1.82) is 0 Å². The quantitative estimate of drug-likeness (QED) is 0.396. The predicted molar refractivity (Wildman–Crippen MR) is 136 cm³/mol. The van der Waals surface area contributed by atoms with Gasteiger partial charge in [-0.3, -0.25) is 9.69 Å². The van der Waals surface area contributed by atoms with Gasteiger partial charge in [-0.15, -0.1) is 0 Å². The maximum atomic E-state index is 13.0. The number of rotatable bonds is 10. The molecule has 0 bridgehead atoms. The van der Waals surface area contributed by atoms with Crippen molar-refractivity contribution in [2.45, 2.75) is 64.1 Å². The Labute approximate surface area is 204 Å². The van der Waals surface area contributed by atoms with Gasteiger partial charge in [-0.1, -0.05) is 73.5 Å². The van der Waals surface area contributed by atoms with Gasteiger partial charge in [0.25, 0.3) is 0 Å². The number of amides is 2. The molecular weight excluding hydrogens is 426 g/mol. The molecule has 0 saturated carbocycles. The third-order valence-electron chi connectivity index (χ3n) is 6.59. The molecule has 0 spiro atoms. The number of carbonyl (C=O) groups is 2. The van der Waals surface area contributed by atoms with Crippen LogP contribution in [0.3, 0.4) is 0 Å². The van der Waals surface area contributed by atoms with Crippen molar-refractivity contribution in [2.24, 2.45) is 0 Å². The summed E-state index contributed by atoms with van der Waals surface area (Å²) < 4.78 is 4.66. The summed E-state index contributed by atoms with van der Waals surface area (Å²) in [5.41, 5.74) is 2.55. The molecule has 2 aromatic carbocycles. The number of nitrogens with zero attached hydrogens (tertiary/aromatic N) is 2. The lowest BCUT2D eigenvalue weighted by atomic mass is 9.94. The number of hydrogen-bond donors (Lipinski definition) is 1. The molecule has 184 valence electrons. The third-order valence-corrected chi connectivity index (χ3v) is 6.59. The van der Waals surface area contributed by atoms with Gasteiger partial charge >= 0.3 is 12.0 Å². The van der Waals surface area contributed by atoms with E-state index >= 15 is 0 Å². The fourth-order valence-corrected chi connectivity index (χ4v) is 5.00. The van der Waals surface area contributed by atoms with Crippen LogP contribution >= 0.6 is 0 Å². The maximum absolute atomic E-state index is 13.0. The molecule has 2 unspecified atom stereocenters. The highest BCUT2D eigenvalue weighted by molar-refractivity contribution is 5.75. The largest absolute Gasteiger partial charge is 0.469 e. The lowest BCUT2D eigenvalue weighted by Gasteiger charge is -2.47. The van der Waals surface area contributed by atoms with E-state index in [0.717, 1.165) is 38.8 Å². The van der Waals surface area contributed by atoms with E-state index in [1.165, 1.54) is 18.2 Å². The summed E-state index contributed by atoms with van der Waals surface area (Å²) in [5, 5.41) is 3.11. The van der Waals surface area contributed by atoms with Crippen molar-refractivity contribution in [3.8, 4) is 0 Å². The van der Waals surface area contributed by atoms with Gasteiger partial charge in [0.2, 0.25) is 0 Å². The summed E-state index contributed by atoms with van der Waals surface area (Å²) in [6, 6.07) is 21.7. The molecule has 0 aromatic heterocycles. The molecule has 2 aromatic rings. The smallest absolute Gasteiger partial charge is 0.317 e. The van der Waals surface area contributed by atoms with Crippen LogP contribution in [0.15, 0.2) is 60.7 Å². The zero-order valence-corrected chi connectivity index (χ0v) is 20.8. The normalized spacial score (nSPS) is 18.6. The van der Waals surface area contributed by atoms with Gasteiger partial charge in [0, 0.05) is 38.1 Å². The van der Waals surface area contributed by atoms with Crippen LogP contribution in [0.1, 0.15) is 63.1 Å². The first-order valence-electron chi connectivity index (χ1n) is 12.5. The maximum Gasteiger partial charge on any atom is 0.317 e. The van der Waals surface area contributed by atoms with E-state index in [1.54, 1.807) is 0 Å². The summed E-state index contributed by atoms with van der Waals surface area (Å²) in [7, 11) is 1.42. The van der Waals surface area contributed by atoms with Crippen molar-refractivity contribution in [3.05, 3.63) is 71.8 Å². The van der Waals surface area contributed by atoms with Crippen LogP contribution in [0.4, 0.5) is 4.79 Å². The molecule has 2 amide bonds. The number of carbonyl (C=O) groups excluding carboxylic acids is 2. The van der Waals surface area contributed by atoms with Crippen molar-refractivity contribution < 1.29 is 14.3 Å². The van der Waals surface area contributed by atoms with Crippen LogP contribution in [0, 0.1) is 0 Å². The summed E-state index contributed by atoms with van der Waals surface area (Å²) in [4.78, 5) is 28.7. The molecule has 1 saturated heterocycles. The van der Waals surface area contributed by atoms with Crippen LogP contribution in [0.25, 0.3) is 0 Å². The Morgan fingerprint density at radius 2 is 1.41 bits per heavy atom. The zero-order chi connectivity index (χ0) is 24.3. The second-order valence-electron chi connectivity index (χ2n) is 9.26. The van der Waals surface area contributed by atoms with E-state index < -0.39 is 0 Å². The van der Waals surface area contributed by atoms with Crippen molar-refractivity contribution in [1.82, 2.24) is 15.1 Å². The zero-order valence-electron chi connectivity index (χ0n) is 20.8. The van der Waals surface area contributed by atoms with E-state index in [9.17, 15) is 9.59 Å². The van der Waals surface area contributed by atoms with Crippen LogP contribution in [0.5, 0.6) is 0 Å². The SMILES string of the molecule is COC(=O)CCCCCCNC(=O)N1C(C)CN(C(c2ccccc2)c2ccccc2)CC1C. The number of methoxy groups -OCH3 is 1. The van der Waals surface area contributed by atoms with Crippen LogP contribution < -0.4 is 5.32 Å². The lowest BCUT2D eigenvalue weighted by Crippen LogP contribution is -2.61. The number of benzene rings is 2. The Kier molecular flexibility index (Phi) is 9.95. The van der Waals surface area contributed by atoms with E-state index in [1.807, 2.05) is 4.90 Å². The molecule has 3 rings (SSSR count). The number of nitrogens with one attached hydrogen (secondary N) is 1. The first kappa shape index (κ1) is 25.8. The Bertz CT molecular complexity index is 839. The van der Waals surface area contributed by atoms with Gasteiger partial charge in [-0.25, -0.2) is 4.79 Å². The highest BCUT2D eigenvalue weighted by Crippen LogP contribution is 2.32. The fraction of sp³-hybridized carbons (Fsp3) is 0.500. The molecule has 34 heavy (non-hydrogen) atoms. The Morgan fingerprint density at radius 3 is 1.94 bits per heavy atom. The molecule has 0 aliphatic carbocycles. The molecule has 1 N–H and O–H groups in total. The molecule has 6 heteroatoms. The molecule has 0 radical (unpaired) electrons. The number of piperazine rings is 1. The number of hydrogen-bond acceptors (Lipinski definition) is 4. The molecule has 6 nitrogen and oxygen atoms in total. The average molecular weight is 466 g/mol. The van der Waals surface area contributed by atoms with E-state index in [4.69, 9.17) is 0 Å². The van der Waals surface area contributed by atoms with E-state index in [0.29, 0.717) is 13.0 Å². The second-order valence-corrected chi connectivity index (χ2v) is 9.26. The third kappa shape index (κ3) is 7.07. The lowest BCUT2D eigenvalue weighted by molar-refractivity contribution is -0.140. The summed E-state index contributed by atoms with van der Waals surface area (Å²) in [5.74, 6) is -0.155. The van der Waals surface area contributed by atoms with Crippen molar-refractivity contribution >= 4 is 12.0 Å². The standard InChI is InChI=1S/C28H39N3O3/c1-22-20-30(27(24-14-8-6-9-15-24)25-16-10-7-11-17-25)21-23(2)31(22)28(33)29-19-13-5-4-12-18-26(32)34-3/h6-11,14-17,22-23,27H,4-5,12-13,18-21H2,1-3H3,(H,29,33). The molecule has 1 heterocycles.